The standard InChI is InChI=1S/C15H16N2O2/c16-13-8-4-5-9-14(13)17-10-15(18)19-11-12-6-2-1-3-7-12/h1-9,17H,10-11,16H2. The smallest absolute Gasteiger partial charge is 0.325 e. The van der Waals surface area contributed by atoms with Crippen molar-refractivity contribution in [2.75, 3.05) is 17.6 Å². The van der Waals surface area contributed by atoms with E-state index in [9.17, 15) is 4.79 Å². The molecule has 0 amide bonds. The third-order valence-corrected chi connectivity index (χ3v) is 2.63. The van der Waals surface area contributed by atoms with E-state index in [1.165, 1.54) is 0 Å². The Morgan fingerprint density at radius 2 is 1.74 bits per heavy atom. The molecule has 3 N–H and O–H groups in total. The maximum Gasteiger partial charge on any atom is 0.325 e. The quantitative estimate of drug-likeness (QED) is 0.637. The molecule has 19 heavy (non-hydrogen) atoms. The summed E-state index contributed by atoms with van der Waals surface area (Å²) < 4.78 is 5.15. The second-order valence-electron chi connectivity index (χ2n) is 4.09. The van der Waals surface area contributed by atoms with Crippen LogP contribution >= 0.6 is 0 Å². The Labute approximate surface area is 112 Å². The average Bonchev–Trinajstić information content (AvgIpc) is 2.45. The minimum Gasteiger partial charge on any atom is -0.460 e. The van der Waals surface area contributed by atoms with Gasteiger partial charge in [-0.2, -0.15) is 0 Å². The predicted molar refractivity (Wildman–Crippen MR) is 75.6 cm³/mol. The lowest BCUT2D eigenvalue weighted by Crippen LogP contribution is -2.17. The number of nitrogens with two attached hydrogens (primary N) is 1. The molecule has 0 aromatic heterocycles. The van der Waals surface area contributed by atoms with E-state index in [4.69, 9.17) is 10.5 Å². The maximum atomic E-state index is 11.6. The topological polar surface area (TPSA) is 64.3 Å². The fraction of sp³-hybridized carbons (Fsp3) is 0.133. The molecule has 0 spiro atoms. The van der Waals surface area contributed by atoms with Gasteiger partial charge in [-0.1, -0.05) is 42.5 Å². The average molecular weight is 256 g/mol. The highest BCUT2D eigenvalue weighted by atomic mass is 16.5. The summed E-state index contributed by atoms with van der Waals surface area (Å²) in [6.45, 7) is 0.382. The molecule has 0 bridgehead atoms. The van der Waals surface area contributed by atoms with Crippen LogP contribution in [0.15, 0.2) is 54.6 Å². The zero-order chi connectivity index (χ0) is 13.5. The number of anilines is 2. The molecule has 4 nitrogen and oxygen atoms in total. The third-order valence-electron chi connectivity index (χ3n) is 2.63. The van der Waals surface area contributed by atoms with Crippen molar-refractivity contribution in [3.05, 3.63) is 60.2 Å². The van der Waals surface area contributed by atoms with E-state index in [-0.39, 0.29) is 19.1 Å². The van der Waals surface area contributed by atoms with E-state index < -0.39 is 0 Å². The second kappa shape index (κ2) is 6.44. The highest BCUT2D eigenvalue weighted by molar-refractivity contribution is 5.77. The lowest BCUT2D eigenvalue weighted by molar-refractivity contribution is -0.142. The van der Waals surface area contributed by atoms with Gasteiger partial charge in [0.1, 0.15) is 13.2 Å². The molecule has 0 saturated heterocycles. The summed E-state index contributed by atoms with van der Waals surface area (Å²) in [5.41, 5.74) is 8.07. The molecule has 0 aliphatic heterocycles. The Morgan fingerprint density at radius 1 is 1.05 bits per heavy atom. The Morgan fingerprint density at radius 3 is 2.47 bits per heavy atom. The van der Waals surface area contributed by atoms with Gasteiger partial charge in [-0.15, -0.1) is 0 Å². The number of benzene rings is 2. The summed E-state index contributed by atoms with van der Waals surface area (Å²) in [7, 11) is 0. The number of hydrogen-bond acceptors (Lipinski definition) is 4. The summed E-state index contributed by atoms with van der Waals surface area (Å²) in [4.78, 5) is 11.6. The van der Waals surface area contributed by atoms with Crippen LogP contribution in [0.3, 0.4) is 0 Å². The van der Waals surface area contributed by atoms with Gasteiger partial charge in [-0.25, -0.2) is 0 Å². The van der Waals surface area contributed by atoms with Crippen LogP contribution < -0.4 is 11.1 Å². The predicted octanol–water partition coefficient (Wildman–Crippen LogP) is 2.42. The molecule has 0 aliphatic carbocycles. The summed E-state index contributed by atoms with van der Waals surface area (Å²) in [6.07, 6.45) is 0. The lowest BCUT2D eigenvalue weighted by atomic mass is 10.2. The molecule has 0 fully saturated rings. The summed E-state index contributed by atoms with van der Waals surface area (Å²) in [6, 6.07) is 16.9. The van der Waals surface area contributed by atoms with Crippen LogP contribution in [0.2, 0.25) is 0 Å². The molecule has 2 aromatic carbocycles. The van der Waals surface area contributed by atoms with Gasteiger partial charge in [-0.05, 0) is 17.7 Å². The monoisotopic (exact) mass is 256 g/mol. The van der Waals surface area contributed by atoms with Crippen LogP contribution in [0.25, 0.3) is 0 Å². The first-order valence-electron chi connectivity index (χ1n) is 6.03. The first kappa shape index (κ1) is 13.0. The molecule has 0 saturated carbocycles. The van der Waals surface area contributed by atoms with E-state index >= 15 is 0 Å². The van der Waals surface area contributed by atoms with E-state index in [2.05, 4.69) is 5.32 Å². The van der Waals surface area contributed by atoms with Crippen molar-refractivity contribution >= 4 is 17.3 Å². The largest absolute Gasteiger partial charge is 0.460 e. The zero-order valence-electron chi connectivity index (χ0n) is 10.5. The van der Waals surface area contributed by atoms with Crippen LogP contribution in [0.1, 0.15) is 5.56 Å². The zero-order valence-corrected chi connectivity index (χ0v) is 10.5. The maximum absolute atomic E-state index is 11.6. The SMILES string of the molecule is Nc1ccccc1NCC(=O)OCc1ccccc1. The number of hydrogen-bond donors (Lipinski definition) is 2. The summed E-state index contributed by atoms with van der Waals surface area (Å²) in [5.74, 6) is -0.313. The van der Waals surface area contributed by atoms with Crippen molar-refractivity contribution in [1.29, 1.82) is 0 Å². The Balaban J connectivity index is 1.78. The highest BCUT2D eigenvalue weighted by Crippen LogP contribution is 2.16. The van der Waals surface area contributed by atoms with Crippen LogP contribution in [0.4, 0.5) is 11.4 Å². The number of ether oxygens (including phenoxy) is 1. The first-order valence-corrected chi connectivity index (χ1v) is 6.03. The lowest BCUT2D eigenvalue weighted by Gasteiger charge is -2.09. The van der Waals surface area contributed by atoms with Crippen LogP contribution in [0.5, 0.6) is 0 Å². The Hall–Kier alpha value is -2.49. The summed E-state index contributed by atoms with van der Waals surface area (Å²) in [5, 5.41) is 2.95. The van der Waals surface area contributed by atoms with Crippen molar-refractivity contribution in [2.24, 2.45) is 0 Å². The Kier molecular flexibility index (Phi) is 4.39. The molecular weight excluding hydrogens is 240 g/mol. The van der Waals surface area contributed by atoms with E-state index in [0.29, 0.717) is 5.69 Å². The van der Waals surface area contributed by atoms with E-state index in [1.807, 2.05) is 48.5 Å². The van der Waals surface area contributed by atoms with Gasteiger partial charge in [0.25, 0.3) is 0 Å². The number of para-hydroxylation sites is 2. The first-order chi connectivity index (χ1) is 9.25. The van der Waals surface area contributed by atoms with E-state index in [1.54, 1.807) is 6.07 Å². The van der Waals surface area contributed by atoms with Gasteiger partial charge >= 0.3 is 5.97 Å². The molecule has 0 aliphatic rings. The molecule has 0 radical (unpaired) electrons. The van der Waals surface area contributed by atoms with Gasteiger partial charge in [0.05, 0.1) is 11.4 Å². The van der Waals surface area contributed by atoms with E-state index in [0.717, 1.165) is 11.3 Å². The molecule has 0 heterocycles. The van der Waals surface area contributed by atoms with Crippen molar-refractivity contribution in [3.8, 4) is 0 Å². The molecule has 2 rings (SSSR count). The minimum atomic E-state index is -0.313. The normalized spacial score (nSPS) is 9.89. The van der Waals surface area contributed by atoms with Gasteiger partial charge in [-0.3, -0.25) is 4.79 Å². The summed E-state index contributed by atoms with van der Waals surface area (Å²) >= 11 is 0. The highest BCUT2D eigenvalue weighted by Gasteiger charge is 2.04. The third kappa shape index (κ3) is 4.03. The number of esters is 1. The van der Waals surface area contributed by atoms with Gasteiger partial charge in [0, 0.05) is 0 Å². The van der Waals surface area contributed by atoms with Crippen molar-refractivity contribution in [1.82, 2.24) is 0 Å². The number of carbonyl (C=O) groups is 1. The van der Waals surface area contributed by atoms with Gasteiger partial charge < -0.3 is 15.8 Å². The number of nitrogens with one attached hydrogen (secondary N) is 1. The fourth-order valence-electron chi connectivity index (χ4n) is 1.61. The molecular formula is C15H16N2O2. The minimum absolute atomic E-state index is 0.0983. The molecule has 0 atom stereocenters. The van der Waals surface area contributed by atoms with Crippen LogP contribution in [0, 0.1) is 0 Å². The number of nitrogen functional groups attached to an aromatic ring is 1. The van der Waals surface area contributed by atoms with Gasteiger partial charge in [0.15, 0.2) is 0 Å². The van der Waals surface area contributed by atoms with Crippen LogP contribution in [-0.4, -0.2) is 12.5 Å². The molecule has 4 heteroatoms. The van der Waals surface area contributed by atoms with Crippen molar-refractivity contribution in [3.63, 3.8) is 0 Å². The van der Waals surface area contributed by atoms with Crippen molar-refractivity contribution in [2.45, 2.75) is 6.61 Å². The van der Waals surface area contributed by atoms with Crippen LogP contribution in [-0.2, 0) is 16.1 Å². The second-order valence-corrected chi connectivity index (χ2v) is 4.09. The molecule has 0 unspecified atom stereocenters. The van der Waals surface area contributed by atoms with Crippen molar-refractivity contribution < 1.29 is 9.53 Å². The molecule has 98 valence electrons. The fourth-order valence-corrected chi connectivity index (χ4v) is 1.61. The molecule has 2 aromatic rings. The van der Waals surface area contributed by atoms with Gasteiger partial charge in [0.2, 0.25) is 0 Å². The number of carbonyl (C=O) groups excluding carboxylic acids is 1. The Bertz CT molecular complexity index is 541. The number of rotatable bonds is 5.